The van der Waals surface area contributed by atoms with Crippen molar-refractivity contribution in [1.82, 2.24) is 4.98 Å². The van der Waals surface area contributed by atoms with E-state index < -0.39 is 0 Å². The summed E-state index contributed by atoms with van der Waals surface area (Å²) < 4.78 is 0. The number of nitrogens with one attached hydrogen (secondary N) is 3. The molecule has 1 aliphatic rings. The number of hydrogen-bond donors (Lipinski definition) is 3. The second-order valence-corrected chi connectivity index (χ2v) is 6.52. The fraction of sp³-hybridized carbons (Fsp3) is 0.500. The van der Waals surface area contributed by atoms with Crippen LogP contribution in [-0.2, 0) is 0 Å². The first kappa shape index (κ1) is 15.3. The summed E-state index contributed by atoms with van der Waals surface area (Å²) in [5, 5.41) is 1.06. The minimum Gasteiger partial charge on any atom is -0.358 e. The Labute approximate surface area is 132 Å². The molecule has 3 N–H and O–H groups in total. The largest absolute Gasteiger partial charge is 0.358 e. The molecule has 4 nitrogen and oxygen atoms in total. The zero-order valence-electron chi connectivity index (χ0n) is 13.8. The van der Waals surface area contributed by atoms with E-state index >= 15 is 0 Å². The molecule has 3 rings (SSSR count). The van der Waals surface area contributed by atoms with Crippen molar-refractivity contribution in [1.29, 1.82) is 0 Å². The molecule has 2 aromatic rings. The quantitative estimate of drug-likeness (QED) is 0.676. The number of carbonyl (C=O) groups excluding carboxylic acids is 1. The number of rotatable bonds is 4. The molecule has 1 aromatic carbocycles. The Morgan fingerprint density at radius 1 is 1.23 bits per heavy atom. The molecule has 0 bridgehead atoms. The van der Waals surface area contributed by atoms with E-state index in [4.69, 9.17) is 0 Å². The molecule has 0 unspecified atom stereocenters. The number of fused-ring (bicyclic) bond motifs is 1. The number of hydrogen-bond acceptors (Lipinski definition) is 1. The normalized spacial score (nSPS) is 23.6. The van der Waals surface area contributed by atoms with E-state index in [1.54, 1.807) is 4.90 Å². The molecule has 0 spiro atoms. The average Bonchev–Trinajstić information content (AvgIpc) is 2.89. The SMILES string of the molecule is CC[NH+]1CC[NH+]([C@H](C)C(=O)c2c(C)[nH]c3ccccc23)CC1. The molecule has 2 heterocycles. The highest BCUT2D eigenvalue weighted by atomic mass is 16.1. The molecule has 1 aromatic heterocycles. The van der Waals surface area contributed by atoms with Gasteiger partial charge in [-0.25, -0.2) is 0 Å². The summed E-state index contributed by atoms with van der Waals surface area (Å²) in [6.45, 7) is 12.1. The number of carbonyl (C=O) groups is 1. The van der Waals surface area contributed by atoms with Crippen molar-refractivity contribution < 1.29 is 14.6 Å². The molecule has 0 saturated carbocycles. The van der Waals surface area contributed by atoms with Crippen LogP contribution in [0.4, 0.5) is 0 Å². The topological polar surface area (TPSA) is 41.7 Å². The van der Waals surface area contributed by atoms with Gasteiger partial charge in [-0.2, -0.15) is 0 Å². The number of aryl methyl sites for hydroxylation is 1. The van der Waals surface area contributed by atoms with Gasteiger partial charge < -0.3 is 14.8 Å². The van der Waals surface area contributed by atoms with Crippen molar-refractivity contribution in [2.45, 2.75) is 26.8 Å². The Morgan fingerprint density at radius 3 is 2.59 bits per heavy atom. The van der Waals surface area contributed by atoms with E-state index in [-0.39, 0.29) is 11.8 Å². The molecule has 22 heavy (non-hydrogen) atoms. The number of ketones is 1. The lowest BCUT2D eigenvalue weighted by molar-refractivity contribution is -1.02. The molecule has 4 heteroatoms. The first-order chi connectivity index (χ1) is 10.6. The van der Waals surface area contributed by atoms with Crippen LogP contribution in [0, 0.1) is 6.92 Å². The van der Waals surface area contributed by atoms with Crippen LogP contribution in [0.1, 0.15) is 29.9 Å². The number of aromatic nitrogens is 1. The standard InChI is InChI=1S/C18H25N3O/c1-4-20-9-11-21(12-10-20)14(3)18(22)17-13(2)19-16-8-6-5-7-15(16)17/h5-8,14,19H,4,9-12H2,1-3H3/p+2/t14-/m1/s1. The molecular weight excluding hydrogens is 274 g/mol. The number of quaternary nitrogens is 2. The van der Waals surface area contributed by atoms with Crippen LogP contribution in [0.2, 0.25) is 0 Å². The van der Waals surface area contributed by atoms with Crippen LogP contribution in [0.15, 0.2) is 24.3 Å². The first-order valence-electron chi connectivity index (χ1n) is 8.41. The van der Waals surface area contributed by atoms with Gasteiger partial charge in [0.2, 0.25) is 5.78 Å². The van der Waals surface area contributed by atoms with Gasteiger partial charge in [0.15, 0.2) is 0 Å². The summed E-state index contributed by atoms with van der Waals surface area (Å²) in [7, 11) is 0. The van der Waals surface area contributed by atoms with Gasteiger partial charge in [-0.05, 0) is 26.8 Å². The van der Waals surface area contributed by atoms with Crippen LogP contribution in [-0.4, -0.2) is 49.5 Å². The van der Waals surface area contributed by atoms with E-state index in [1.807, 2.05) is 31.2 Å². The minimum atomic E-state index is 0.0383. The molecule has 0 amide bonds. The number of para-hydroxylation sites is 1. The minimum absolute atomic E-state index is 0.0383. The number of benzene rings is 1. The van der Waals surface area contributed by atoms with Gasteiger partial charge in [-0.1, -0.05) is 18.2 Å². The summed E-state index contributed by atoms with van der Waals surface area (Å²) in [6.07, 6.45) is 0. The van der Waals surface area contributed by atoms with Gasteiger partial charge in [-0.3, -0.25) is 4.79 Å². The summed E-state index contributed by atoms with van der Waals surface area (Å²) in [4.78, 5) is 19.5. The molecule has 0 aliphatic carbocycles. The van der Waals surface area contributed by atoms with Gasteiger partial charge in [0.1, 0.15) is 32.2 Å². The maximum atomic E-state index is 13.0. The third kappa shape index (κ3) is 2.69. The molecular formula is C18H27N3O+2. The molecule has 1 aliphatic heterocycles. The third-order valence-corrected chi connectivity index (χ3v) is 5.24. The van der Waals surface area contributed by atoms with E-state index in [0.29, 0.717) is 0 Å². The number of piperazine rings is 1. The van der Waals surface area contributed by atoms with E-state index in [9.17, 15) is 4.79 Å². The Bertz CT molecular complexity index is 668. The number of H-pyrrole nitrogens is 1. The van der Waals surface area contributed by atoms with Gasteiger partial charge in [0.25, 0.3) is 0 Å². The number of aromatic amines is 1. The third-order valence-electron chi connectivity index (χ3n) is 5.24. The van der Waals surface area contributed by atoms with Crippen LogP contribution >= 0.6 is 0 Å². The van der Waals surface area contributed by atoms with Crippen molar-refractivity contribution in [3.05, 3.63) is 35.5 Å². The summed E-state index contributed by atoms with van der Waals surface area (Å²) in [5.74, 6) is 0.282. The Hall–Kier alpha value is -1.65. The highest BCUT2D eigenvalue weighted by molar-refractivity contribution is 6.10. The van der Waals surface area contributed by atoms with Crippen molar-refractivity contribution in [2.75, 3.05) is 32.7 Å². The van der Waals surface area contributed by atoms with E-state index in [0.717, 1.165) is 35.2 Å². The van der Waals surface area contributed by atoms with Gasteiger partial charge >= 0.3 is 0 Å². The van der Waals surface area contributed by atoms with Crippen LogP contribution in [0.25, 0.3) is 10.9 Å². The summed E-state index contributed by atoms with van der Waals surface area (Å²) in [6, 6.07) is 8.14. The van der Waals surface area contributed by atoms with Crippen LogP contribution < -0.4 is 9.80 Å². The smallest absolute Gasteiger partial charge is 0.222 e. The molecule has 1 atom stereocenters. The van der Waals surface area contributed by atoms with Crippen LogP contribution in [0.5, 0.6) is 0 Å². The van der Waals surface area contributed by atoms with Gasteiger partial charge in [0.05, 0.1) is 12.1 Å². The van der Waals surface area contributed by atoms with Crippen molar-refractivity contribution in [3.63, 3.8) is 0 Å². The lowest BCUT2D eigenvalue weighted by Crippen LogP contribution is -3.29. The molecule has 1 fully saturated rings. The molecule has 1 saturated heterocycles. The lowest BCUT2D eigenvalue weighted by atomic mass is 10.0. The maximum Gasteiger partial charge on any atom is 0.222 e. The Balaban J connectivity index is 1.82. The predicted octanol–water partition coefficient (Wildman–Crippen LogP) is -0.149. The van der Waals surface area contributed by atoms with Crippen molar-refractivity contribution in [2.24, 2.45) is 0 Å². The second kappa shape index (κ2) is 6.23. The zero-order chi connectivity index (χ0) is 15.7. The summed E-state index contributed by atoms with van der Waals surface area (Å²) >= 11 is 0. The number of likely N-dealkylation sites (N-methyl/N-ethyl adjacent to an activating group) is 1. The predicted molar refractivity (Wildman–Crippen MR) is 88.8 cm³/mol. The zero-order valence-corrected chi connectivity index (χ0v) is 13.8. The highest BCUT2D eigenvalue weighted by Crippen LogP contribution is 2.22. The Morgan fingerprint density at radius 2 is 1.91 bits per heavy atom. The van der Waals surface area contributed by atoms with Crippen molar-refractivity contribution in [3.8, 4) is 0 Å². The van der Waals surface area contributed by atoms with Gasteiger partial charge in [-0.15, -0.1) is 0 Å². The monoisotopic (exact) mass is 301 g/mol. The van der Waals surface area contributed by atoms with E-state index in [2.05, 4.69) is 18.8 Å². The Kier molecular flexibility index (Phi) is 4.32. The molecule has 0 radical (unpaired) electrons. The van der Waals surface area contributed by atoms with E-state index in [1.165, 1.54) is 24.5 Å². The van der Waals surface area contributed by atoms with Crippen LogP contribution in [0.3, 0.4) is 0 Å². The molecule has 118 valence electrons. The second-order valence-electron chi connectivity index (χ2n) is 6.52. The lowest BCUT2D eigenvalue weighted by Gasteiger charge is -2.32. The fourth-order valence-corrected chi connectivity index (χ4v) is 3.71. The number of Topliss-reactive ketones (excluding diaryl/α,β-unsaturated/α-hetero) is 1. The fourth-order valence-electron chi connectivity index (χ4n) is 3.71. The highest BCUT2D eigenvalue weighted by Gasteiger charge is 2.32. The van der Waals surface area contributed by atoms with Crippen molar-refractivity contribution >= 4 is 16.7 Å². The average molecular weight is 301 g/mol. The first-order valence-corrected chi connectivity index (χ1v) is 8.41. The maximum absolute atomic E-state index is 13.0. The summed E-state index contributed by atoms with van der Waals surface area (Å²) in [5.41, 5.74) is 2.95. The van der Waals surface area contributed by atoms with Gasteiger partial charge in [0, 0.05) is 16.6 Å².